The van der Waals surface area contributed by atoms with Crippen molar-refractivity contribution in [2.45, 2.75) is 13.0 Å². The first-order valence-electron chi connectivity index (χ1n) is 8.50. The molecule has 146 valence electrons. The number of benzene rings is 2. The maximum atomic E-state index is 13.0. The van der Waals surface area contributed by atoms with E-state index in [9.17, 15) is 9.59 Å². The van der Waals surface area contributed by atoms with Crippen molar-refractivity contribution in [2.24, 2.45) is 0 Å². The van der Waals surface area contributed by atoms with Crippen LogP contribution in [0, 0.1) is 0 Å². The van der Waals surface area contributed by atoms with E-state index >= 15 is 0 Å². The second-order valence-electron chi connectivity index (χ2n) is 6.14. The van der Waals surface area contributed by atoms with Gasteiger partial charge in [0.05, 0.1) is 25.8 Å². The molecule has 0 unspecified atom stereocenters. The minimum Gasteiger partial charge on any atom is -0.497 e. The summed E-state index contributed by atoms with van der Waals surface area (Å²) in [5.74, 6) is 0.749. The minimum absolute atomic E-state index is 0.359. The fraction of sp³-hybridized carbons (Fsp3) is 0.200. The monoisotopic (exact) mass is 401 g/mol. The Bertz CT molecular complexity index is 941. The highest BCUT2D eigenvalue weighted by atomic mass is 35.5. The van der Waals surface area contributed by atoms with Crippen molar-refractivity contribution in [3.8, 4) is 11.5 Å². The van der Waals surface area contributed by atoms with E-state index in [-0.39, 0.29) is 5.91 Å². The summed E-state index contributed by atoms with van der Waals surface area (Å²) < 4.78 is 10.7. The molecule has 0 saturated carbocycles. The number of carbonyl (C=O) groups excluding carboxylic acids is 2. The average molecular weight is 402 g/mol. The lowest BCUT2D eigenvalue weighted by molar-refractivity contribution is -0.113. The predicted molar refractivity (Wildman–Crippen MR) is 107 cm³/mol. The first kappa shape index (κ1) is 19.6. The van der Waals surface area contributed by atoms with Gasteiger partial charge in [0, 0.05) is 22.0 Å². The van der Waals surface area contributed by atoms with Crippen LogP contribution in [0.25, 0.3) is 0 Å². The molecule has 0 radical (unpaired) electrons. The highest BCUT2D eigenvalue weighted by Gasteiger charge is 2.33. The Morgan fingerprint density at radius 1 is 1.11 bits per heavy atom. The zero-order valence-corrected chi connectivity index (χ0v) is 16.4. The number of rotatable bonds is 5. The summed E-state index contributed by atoms with van der Waals surface area (Å²) in [5.41, 5.74) is 2.01. The summed E-state index contributed by atoms with van der Waals surface area (Å²) in [6.07, 6.45) is 0. The quantitative estimate of drug-likeness (QED) is 0.713. The fourth-order valence-electron chi connectivity index (χ4n) is 3.02. The summed E-state index contributed by atoms with van der Waals surface area (Å²) in [6, 6.07) is 10.9. The van der Waals surface area contributed by atoms with Crippen molar-refractivity contribution < 1.29 is 19.1 Å². The lowest BCUT2D eigenvalue weighted by Crippen LogP contribution is -2.46. The molecular formula is C20H20ClN3O4. The predicted octanol–water partition coefficient (Wildman–Crippen LogP) is 3.62. The van der Waals surface area contributed by atoms with Crippen molar-refractivity contribution in [3.05, 3.63) is 64.3 Å². The fourth-order valence-corrected chi connectivity index (χ4v) is 3.15. The standard InChI is InChI=1S/C20H20ClN3O4/c1-11-17(19(25)23-13-6-4-12(21)5-7-13)18(24-20(26)22-11)15-10-14(27-2)8-9-16(15)28-3/h4-10,18H,1-3H3,(H,23,25)(H2,22,24,26)/t18-/m0/s1. The molecule has 2 aromatic carbocycles. The van der Waals surface area contributed by atoms with Gasteiger partial charge in [-0.1, -0.05) is 11.6 Å². The van der Waals surface area contributed by atoms with E-state index in [1.807, 2.05) is 0 Å². The average Bonchev–Trinajstić information content (AvgIpc) is 2.68. The Morgan fingerprint density at radius 2 is 1.82 bits per heavy atom. The molecular weight excluding hydrogens is 382 g/mol. The molecule has 0 spiro atoms. The number of urea groups is 1. The van der Waals surface area contributed by atoms with E-state index in [0.29, 0.717) is 39.0 Å². The number of allylic oxidation sites excluding steroid dienone is 1. The SMILES string of the molecule is COc1ccc(OC)c([C@@H]2NC(=O)NC(C)=C2C(=O)Nc2ccc(Cl)cc2)c1. The Balaban J connectivity index is 2.01. The van der Waals surface area contributed by atoms with Crippen LogP contribution >= 0.6 is 11.6 Å². The van der Waals surface area contributed by atoms with Gasteiger partial charge in [-0.15, -0.1) is 0 Å². The summed E-state index contributed by atoms with van der Waals surface area (Å²) >= 11 is 5.90. The second-order valence-corrected chi connectivity index (χ2v) is 6.58. The molecule has 0 fully saturated rings. The molecule has 3 amide bonds. The zero-order valence-electron chi connectivity index (χ0n) is 15.6. The lowest BCUT2D eigenvalue weighted by atomic mass is 9.93. The first-order chi connectivity index (χ1) is 13.4. The number of halogens is 1. The molecule has 3 N–H and O–H groups in total. The van der Waals surface area contributed by atoms with Crippen LogP contribution in [0.1, 0.15) is 18.5 Å². The normalized spacial score (nSPS) is 16.1. The summed E-state index contributed by atoms with van der Waals surface area (Å²) in [6.45, 7) is 1.68. The molecule has 2 aromatic rings. The van der Waals surface area contributed by atoms with E-state index in [0.717, 1.165) is 0 Å². The lowest BCUT2D eigenvalue weighted by Gasteiger charge is -2.29. The molecule has 1 aliphatic heterocycles. The molecule has 1 atom stereocenters. The Morgan fingerprint density at radius 3 is 2.46 bits per heavy atom. The van der Waals surface area contributed by atoms with Crippen molar-refractivity contribution in [1.29, 1.82) is 0 Å². The van der Waals surface area contributed by atoms with Crippen LogP contribution in [0.4, 0.5) is 10.5 Å². The van der Waals surface area contributed by atoms with Gasteiger partial charge in [-0.25, -0.2) is 4.79 Å². The number of amides is 3. The first-order valence-corrected chi connectivity index (χ1v) is 8.88. The highest BCUT2D eigenvalue weighted by molar-refractivity contribution is 6.30. The van der Waals surface area contributed by atoms with Gasteiger partial charge in [-0.2, -0.15) is 0 Å². The Kier molecular flexibility index (Phi) is 5.75. The van der Waals surface area contributed by atoms with Gasteiger partial charge in [-0.3, -0.25) is 4.79 Å². The van der Waals surface area contributed by atoms with E-state index in [4.69, 9.17) is 21.1 Å². The third kappa shape index (κ3) is 4.04. The van der Waals surface area contributed by atoms with E-state index in [2.05, 4.69) is 16.0 Å². The van der Waals surface area contributed by atoms with E-state index in [1.54, 1.807) is 56.5 Å². The summed E-state index contributed by atoms with van der Waals surface area (Å²) in [5, 5.41) is 8.84. The number of hydrogen-bond donors (Lipinski definition) is 3. The van der Waals surface area contributed by atoms with Crippen molar-refractivity contribution in [2.75, 3.05) is 19.5 Å². The summed E-state index contributed by atoms with van der Waals surface area (Å²) in [4.78, 5) is 25.1. The van der Waals surface area contributed by atoms with Crippen LogP contribution in [0.2, 0.25) is 5.02 Å². The maximum Gasteiger partial charge on any atom is 0.319 e. The number of anilines is 1. The number of carbonyl (C=O) groups is 2. The second kappa shape index (κ2) is 8.22. The van der Waals surface area contributed by atoms with E-state index < -0.39 is 12.1 Å². The molecule has 1 aliphatic rings. The molecule has 0 saturated heterocycles. The van der Waals surface area contributed by atoms with Gasteiger partial charge in [0.1, 0.15) is 11.5 Å². The molecule has 28 heavy (non-hydrogen) atoms. The third-order valence-electron chi connectivity index (χ3n) is 4.36. The number of hydrogen-bond acceptors (Lipinski definition) is 4. The summed E-state index contributed by atoms with van der Waals surface area (Å²) in [7, 11) is 3.07. The van der Waals surface area contributed by atoms with Gasteiger partial charge in [-0.05, 0) is 49.4 Å². The maximum absolute atomic E-state index is 13.0. The van der Waals surface area contributed by atoms with Gasteiger partial charge < -0.3 is 25.4 Å². The number of ether oxygens (including phenoxy) is 2. The van der Waals surface area contributed by atoms with E-state index in [1.165, 1.54) is 7.11 Å². The topological polar surface area (TPSA) is 88.7 Å². The smallest absolute Gasteiger partial charge is 0.319 e. The molecule has 7 nitrogen and oxygen atoms in total. The number of methoxy groups -OCH3 is 2. The van der Waals surface area contributed by atoms with Gasteiger partial charge >= 0.3 is 6.03 Å². The Hall–Kier alpha value is -3.19. The van der Waals surface area contributed by atoms with Gasteiger partial charge in [0.2, 0.25) is 0 Å². The third-order valence-corrected chi connectivity index (χ3v) is 4.62. The van der Waals surface area contributed by atoms with Crippen molar-refractivity contribution in [1.82, 2.24) is 10.6 Å². The highest BCUT2D eigenvalue weighted by Crippen LogP contribution is 2.35. The van der Waals surface area contributed by atoms with Gasteiger partial charge in [0.25, 0.3) is 5.91 Å². The van der Waals surface area contributed by atoms with Crippen LogP contribution in [-0.4, -0.2) is 26.2 Å². The molecule has 8 heteroatoms. The van der Waals surface area contributed by atoms with Crippen molar-refractivity contribution >= 4 is 29.2 Å². The molecule has 1 heterocycles. The van der Waals surface area contributed by atoms with Crippen LogP contribution in [0.3, 0.4) is 0 Å². The Labute approximate surface area is 167 Å². The van der Waals surface area contributed by atoms with Crippen LogP contribution in [0.15, 0.2) is 53.7 Å². The van der Waals surface area contributed by atoms with Crippen LogP contribution in [0.5, 0.6) is 11.5 Å². The molecule has 3 rings (SSSR count). The van der Waals surface area contributed by atoms with Crippen molar-refractivity contribution in [3.63, 3.8) is 0 Å². The van der Waals surface area contributed by atoms with Gasteiger partial charge in [0.15, 0.2) is 0 Å². The molecule has 0 aliphatic carbocycles. The largest absolute Gasteiger partial charge is 0.497 e. The number of nitrogens with one attached hydrogen (secondary N) is 3. The molecule has 0 aromatic heterocycles. The van der Waals surface area contributed by atoms with Crippen LogP contribution in [-0.2, 0) is 4.79 Å². The zero-order chi connectivity index (χ0) is 20.3. The minimum atomic E-state index is -0.717. The van der Waals surface area contributed by atoms with Crippen LogP contribution < -0.4 is 25.4 Å². The molecule has 0 bridgehead atoms.